The lowest BCUT2D eigenvalue weighted by molar-refractivity contribution is 0.0946. The van der Waals surface area contributed by atoms with E-state index in [-0.39, 0.29) is 5.91 Å². The number of imidazole rings is 1. The average molecular weight is 303 g/mol. The number of aromatic nitrogens is 2. The second-order valence-corrected chi connectivity index (χ2v) is 4.80. The molecule has 1 amide bonds. The van der Waals surface area contributed by atoms with Gasteiger partial charge in [0.2, 0.25) is 0 Å². The minimum atomic E-state index is -0.183. The summed E-state index contributed by atoms with van der Waals surface area (Å²) in [6, 6.07) is 5.28. The van der Waals surface area contributed by atoms with Gasteiger partial charge < -0.3 is 19.4 Å². The van der Waals surface area contributed by atoms with Crippen molar-refractivity contribution in [1.29, 1.82) is 0 Å². The second-order valence-electron chi connectivity index (χ2n) is 4.80. The zero-order valence-corrected chi connectivity index (χ0v) is 12.9. The van der Waals surface area contributed by atoms with Crippen molar-refractivity contribution in [3.63, 3.8) is 0 Å². The maximum atomic E-state index is 12.3. The predicted octanol–water partition coefficient (Wildman–Crippen LogP) is 2.11. The van der Waals surface area contributed by atoms with Gasteiger partial charge in [0.05, 0.1) is 20.5 Å². The SMILES string of the molecule is COc1cccc(OC)c1C(=O)NCCCCn1ccnc1. The largest absolute Gasteiger partial charge is 0.496 e. The molecule has 6 nitrogen and oxygen atoms in total. The third-order valence-electron chi connectivity index (χ3n) is 3.34. The van der Waals surface area contributed by atoms with E-state index < -0.39 is 0 Å². The first-order valence-corrected chi connectivity index (χ1v) is 7.21. The van der Waals surface area contributed by atoms with Crippen molar-refractivity contribution in [2.75, 3.05) is 20.8 Å². The third kappa shape index (κ3) is 4.00. The number of rotatable bonds is 8. The Morgan fingerprint density at radius 1 is 1.23 bits per heavy atom. The molecule has 1 aromatic heterocycles. The minimum absolute atomic E-state index is 0.183. The highest BCUT2D eigenvalue weighted by Gasteiger charge is 2.17. The molecule has 1 heterocycles. The van der Waals surface area contributed by atoms with Gasteiger partial charge in [-0.2, -0.15) is 0 Å². The number of benzene rings is 1. The molecule has 2 aromatic rings. The van der Waals surface area contributed by atoms with E-state index >= 15 is 0 Å². The molecule has 0 aliphatic carbocycles. The standard InChI is InChI=1S/C16H21N3O3/c1-21-13-6-5-7-14(22-2)15(13)16(20)18-8-3-4-10-19-11-9-17-12-19/h5-7,9,11-12H,3-4,8,10H2,1-2H3,(H,18,20). The number of hydrogen-bond donors (Lipinski definition) is 1. The first-order valence-electron chi connectivity index (χ1n) is 7.21. The number of unbranched alkanes of at least 4 members (excludes halogenated alkanes) is 1. The smallest absolute Gasteiger partial charge is 0.258 e. The zero-order chi connectivity index (χ0) is 15.8. The number of aryl methyl sites for hydroxylation is 1. The van der Waals surface area contributed by atoms with Crippen molar-refractivity contribution in [2.24, 2.45) is 0 Å². The monoisotopic (exact) mass is 303 g/mol. The van der Waals surface area contributed by atoms with Crippen molar-refractivity contribution in [2.45, 2.75) is 19.4 Å². The van der Waals surface area contributed by atoms with Crippen LogP contribution < -0.4 is 14.8 Å². The van der Waals surface area contributed by atoms with E-state index in [1.807, 2.05) is 10.8 Å². The Hall–Kier alpha value is -2.50. The molecule has 0 bridgehead atoms. The summed E-state index contributed by atoms with van der Waals surface area (Å²) in [6.45, 7) is 1.50. The van der Waals surface area contributed by atoms with Crippen LogP contribution in [0.3, 0.4) is 0 Å². The molecule has 118 valence electrons. The van der Waals surface area contributed by atoms with Gasteiger partial charge in [-0.3, -0.25) is 4.79 Å². The van der Waals surface area contributed by atoms with Gasteiger partial charge in [-0.15, -0.1) is 0 Å². The summed E-state index contributed by atoms with van der Waals surface area (Å²) >= 11 is 0. The van der Waals surface area contributed by atoms with Gasteiger partial charge in [0, 0.05) is 25.5 Å². The first-order chi connectivity index (χ1) is 10.8. The van der Waals surface area contributed by atoms with Crippen LogP contribution in [0, 0.1) is 0 Å². The average Bonchev–Trinajstić information content (AvgIpc) is 3.06. The van der Waals surface area contributed by atoms with E-state index in [0.717, 1.165) is 19.4 Å². The third-order valence-corrected chi connectivity index (χ3v) is 3.34. The molecule has 0 fully saturated rings. The zero-order valence-electron chi connectivity index (χ0n) is 12.9. The lowest BCUT2D eigenvalue weighted by Crippen LogP contribution is -2.25. The van der Waals surface area contributed by atoms with Gasteiger partial charge in [0.1, 0.15) is 17.1 Å². The quantitative estimate of drug-likeness (QED) is 0.759. The lowest BCUT2D eigenvalue weighted by Gasteiger charge is -2.13. The number of hydrogen-bond acceptors (Lipinski definition) is 4. The van der Waals surface area contributed by atoms with E-state index in [1.165, 1.54) is 14.2 Å². The Morgan fingerprint density at radius 3 is 2.55 bits per heavy atom. The molecule has 0 atom stereocenters. The number of amides is 1. The summed E-state index contributed by atoms with van der Waals surface area (Å²) in [4.78, 5) is 16.3. The molecule has 0 aliphatic heterocycles. The van der Waals surface area contributed by atoms with E-state index in [4.69, 9.17) is 9.47 Å². The molecule has 0 spiro atoms. The second kappa shape index (κ2) is 8.07. The van der Waals surface area contributed by atoms with E-state index in [0.29, 0.717) is 23.6 Å². The van der Waals surface area contributed by atoms with Gasteiger partial charge in [0.15, 0.2) is 0 Å². The van der Waals surface area contributed by atoms with E-state index in [9.17, 15) is 4.79 Å². The number of nitrogens with one attached hydrogen (secondary N) is 1. The highest BCUT2D eigenvalue weighted by atomic mass is 16.5. The van der Waals surface area contributed by atoms with Gasteiger partial charge in [-0.25, -0.2) is 4.98 Å². The van der Waals surface area contributed by atoms with Gasteiger partial charge in [0.25, 0.3) is 5.91 Å². The predicted molar refractivity (Wildman–Crippen MR) is 83.3 cm³/mol. The fourth-order valence-corrected chi connectivity index (χ4v) is 2.20. The van der Waals surface area contributed by atoms with Gasteiger partial charge >= 0.3 is 0 Å². The van der Waals surface area contributed by atoms with Crippen molar-refractivity contribution >= 4 is 5.91 Å². The van der Waals surface area contributed by atoms with Crippen LogP contribution >= 0.6 is 0 Å². The molecule has 1 aromatic carbocycles. The molecule has 22 heavy (non-hydrogen) atoms. The summed E-state index contributed by atoms with van der Waals surface area (Å²) in [5.41, 5.74) is 0.433. The van der Waals surface area contributed by atoms with Gasteiger partial charge in [-0.05, 0) is 25.0 Å². The summed E-state index contributed by atoms with van der Waals surface area (Å²) in [5.74, 6) is 0.836. The Bertz CT molecular complexity index is 574. The molecule has 0 saturated heterocycles. The summed E-state index contributed by atoms with van der Waals surface area (Å²) in [7, 11) is 3.08. The van der Waals surface area contributed by atoms with Crippen molar-refractivity contribution in [3.8, 4) is 11.5 Å². The number of ether oxygens (including phenoxy) is 2. The first kappa shape index (κ1) is 15.9. The van der Waals surface area contributed by atoms with Crippen LogP contribution in [-0.4, -0.2) is 36.2 Å². The van der Waals surface area contributed by atoms with Crippen molar-refractivity contribution in [3.05, 3.63) is 42.5 Å². The fraction of sp³-hybridized carbons (Fsp3) is 0.375. The van der Waals surface area contributed by atoms with Crippen molar-refractivity contribution in [1.82, 2.24) is 14.9 Å². The van der Waals surface area contributed by atoms with Crippen LogP contribution in [0.25, 0.3) is 0 Å². The number of methoxy groups -OCH3 is 2. The molecular formula is C16H21N3O3. The van der Waals surface area contributed by atoms with Crippen LogP contribution in [0.15, 0.2) is 36.9 Å². The van der Waals surface area contributed by atoms with Crippen LogP contribution in [-0.2, 0) is 6.54 Å². The highest BCUT2D eigenvalue weighted by molar-refractivity contribution is 5.99. The number of carbonyl (C=O) groups excluding carboxylic acids is 1. The molecular weight excluding hydrogens is 282 g/mol. The number of nitrogens with zero attached hydrogens (tertiary/aromatic N) is 2. The van der Waals surface area contributed by atoms with Crippen LogP contribution in [0.1, 0.15) is 23.2 Å². The lowest BCUT2D eigenvalue weighted by atomic mass is 10.1. The molecule has 0 aliphatic rings. The maximum Gasteiger partial charge on any atom is 0.258 e. The molecule has 2 rings (SSSR count). The Labute approximate surface area is 130 Å². The topological polar surface area (TPSA) is 65.4 Å². The van der Waals surface area contributed by atoms with Crippen LogP contribution in [0.2, 0.25) is 0 Å². The van der Waals surface area contributed by atoms with Crippen LogP contribution in [0.5, 0.6) is 11.5 Å². The molecule has 0 saturated carbocycles. The Kier molecular flexibility index (Phi) is 5.82. The van der Waals surface area contributed by atoms with Crippen LogP contribution in [0.4, 0.5) is 0 Å². The summed E-state index contributed by atoms with van der Waals surface area (Å²) < 4.78 is 12.5. The maximum absolute atomic E-state index is 12.3. The highest BCUT2D eigenvalue weighted by Crippen LogP contribution is 2.27. The minimum Gasteiger partial charge on any atom is -0.496 e. The van der Waals surface area contributed by atoms with E-state index in [2.05, 4.69) is 10.3 Å². The normalized spacial score (nSPS) is 10.3. The fourth-order valence-electron chi connectivity index (χ4n) is 2.20. The van der Waals surface area contributed by atoms with E-state index in [1.54, 1.807) is 30.7 Å². The molecule has 0 radical (unpaired) electrons. The molecule has 1 N–H and O–H groups in total. The Balaban J connectivity index is 1.84. The summed E-state index contributed by atoms with van der Waals surface area (Å²) in [5, 5.41) is 2.90. The molecule has 6 heteroatoms. The summed E-state index contributed by atoms with van der Waals surface area (Å²) in [6.07, 6.45) is 7.34. The van der Waals surface area contributed by atoms with Gasteiger partial charge in [-0.1, -0.05) is 6.07 Å². The van der Waals surface area contributed by atoms with Crippen molar-refractivity contribution < 1.29 is 14.3 Å². The Morgan fingerprint density at radius 2 is 1.95 bits per heavy atom. The number of carbonyl (C=O) groups is 1. The molecule has 0 unspecified atom stereocenters.